The Hall–Kier alpha value is -2.02. The molecule has 0 amide bonds. The summed E-state index contributed by atoms with van der Waals surface area (Å²) in [6.45, 7) is 8.56. The van der Waals surface area contributed by atoms with Gasteiger partial charge in [-0.05, 0) is 33.8 Å². The van der Waals surface area contributed by atoms with Crippen LogP contribution in [0.4, 0.5) is 0 Å². The number of carbonyl (C=O) groups excluding carboxylic acids is 1. The molecule has 0 bridgehead atoms. The molecular formula is C16H27N3O4. The topological polar surface area (TPSA) is 96.1 Å². The highest BCUT2D eigenvalue weighted by Gasteiger charge is 2.27. The molecule has 3 N–H and O–H groups in total. The van der Waals surface area contributed by atoms with Crippen LogP contribution < -0.4 is 10.6 Å². The Morgan fingerprint density at radius 2 is 2.13 bits per heavy atom. The number of methoxy groups -OCH3 is 1. The molecule has 23 heavy (non-hydrogen) atoms. The van der Waals surface area contributed by atoms with Crippen molar-refractivity contribution in [2.45, 2.75) is 39.7 Å². The molecule has 0 saturated carbocycles. The fraction of sp³-hybridized carbons (Fsp3) is 0.625. The average Bonchev–Trinajstić information content (AvgIpc) is 2.84. The molecule has 0 fully saturated rings. The van der Waals surface area contributed by atoms with E-state index in [-0.39, 0.29) is 18.9 Å². The highest BCUT2D eigenvalue weighted by atomic mass is 16.5. The molecule has 130 valence electrons. The number of guanidine groups is 1. The summed E-state index contributed by atoms with van der Waals surface area (Å²) in [7, 11) is 1.36. The SMILES string of the molecule is CCNC(=NCC(C)(O)c1cc(C)oc1C)NCCC(=O)OC. The maximum atomic E-state index is 11.1. The molecule has 1 aromatic heterocycles. The monoisotopic (exact) mass is 325 g/mol. The minimum absolute atomic E-state index is 0.167. The fourth-order valence-corrected chi connectivity index (χ4v) is 2.21. The Morgan fingerprint density at radius 1 is 1.43 bits per heavy atom. The normalized spacial score (nSPS) is 14.3. The fourth-order valence-electron chi connectivity index (χ4n) is 2.21. The van der Waals surface area contributed by atoms with Crippen molar-refractivity contribution in [1.29, 1.82) is 0 Å². The van der Waals surface area contributed by atoms with Crippen molar-refractivity contribution in [3.8, 4) is 0 Å². The van der Waals surface area contributed by atoms with E-state index in [1.54, 1.807) is 6.92 Å². The van der Waals surface area contributed by atoms with E-state index in [1.807, 2.05) is 26.8 Å². The third-order valence-electron chi connectivity index (χ3n) is 3.36. The minimum Gasteiger partial charge on any atom is -0.469 e. The molecule has 0 radical (unpaired) electrons. The molecule has 1 aromatic rings. The van der Waals surface area contributed by atoms with Crippen LogP contribution >= 0.6 is 0 Å². The van der Waals surface area contributed by atoms with Gasteiger partial charge in [0.25, 0.3) is 0 Å². The van der Waals surface area contributed by atoms with Crippen LogP contribution in [0.5, 0.6) is 0 Å². The molecule has 0 aliphatic heterocycles. The molecular weight excluding hydrogens is 298 g/mol. The van der Waals surface area contributed by atoms with Gasteiger partial charge in [0.1, 0.15) is 17.1 Å². The molecule has 7 nitrogen and oxygen atoms in total. The van der Waals surface area contributed by atoms with E-state index < -0.39 is 5.60 Å². The van der Waals surface area contributed by atoms with Gasteiger partial charge in [-0.15, -0.1) is 0 Å². The third kappa shape index (κ3) is 5.94. The zero-order valence-electron chi connectivity index (χ0n) is 14.5. The van der Waals surface area contributed by atoms with Crippen molar-refractivity contribution in [2.75, 3.05) is 26.7 Å². The number of ether oxygens (including phenoxy) is 1. The average molecular weight is 325 g/mol. The van der Waals surface area contributed by atoms with Gasteiger partial charge in [-0.1, -0.05) is 0 Å². The van der Waals surface area contributed by atoms with Gasteiger partial charge >= 0.3 is 5.97 Å². The van der Waals surface area contributed by atoms with E-state index in [0.29, 0.717) is 24.8 Å². The van der Waals surface area contributed by atoms with Gasteiger partial charge in [0, 0.05) is 18.7 Å². The Kier molecular flexibility index (Phi) is 7.09. The number of aliphatic hydroxyl groups is 1. The number of nitrogens with zero attached hydrogens (tertiary/aromatic N) is 1. The zero-order valence-corrected chi connectivity index (χ0v) is 14.5. The number of hydrogen-bond acceptors (Lipinski definition) is 5. The quantitative estimate of drug-likeness (QED) is 0.396. The Bertz CT molecular complexity index is 550. The van der Waals surface area contributed by atoms with Gasteiger partial charge in [0.2, 0.25) is 0 Å². The van der Waals surface area contributed by atoms with Crippen LogP contribution in [0.2, 0.25) is 0 Å². The standard InChI is InChI=1S/C16H27N3O4/c1-6-17-15(18-8-7-14(20)22-5)19-10-16(4,21)13-9-11(2)23-12(13)3/h9,21H,6-8,10H2,1-5H3,(H2,17,18,19). The Morgan fingerprint density at radius 3 is 2.65 bits per heavy atom. The lowest BCUT2D eigenvalue weighted by Crippen LogP contribution is -2.39. The number of aryl methyl sites for hydroxylation is 2. The number of esters is 1. The highest BCUT2D eigenvalue weighted by molar-refractivity contribution is 5.80. The van der Waals surface area contributed by atoms with Crippen molar-refractivity contribution in [3.63, 3.8) is 0 Å². The number of aliphatic imine (C=N–C) groups is 1. The lowest BCUT2D eigenvalue weighted by atomic mass is 9.96. The number of nitrogens with one attached hydrogen (secondary N) is 2. The first-order valence-electron chi connectivity index (χ1n) is 7.69. The maximum absolute atomic E-state index is 11.1. The molecule has 1 rings (SSSR count). The van der Waals surface area contributed by atoms with Crippen molar-refractivity contribution in [1.82, 2.24) is 10.6 Å². The number of carbonyl (C=O) groups is 1. The molecule has 0 aliphatic rings. The summed E-state index contributed by atoms with van der Waals surface area (Å²) in [4.78, 5) is 15.5. The highest BCUT2D eigenvalue weighted by Crippen LogP contribution is 2.27. The van der Waals surface area contributed by atoms with Crippen molar-refractivity contribution in [2.24, 2.45) is 4.99 Å². The van der Waals surface area contributed by atoms with E-state index in [4.69, 9.17) is 4.42 Å². The van der Waals surface area contributed by atoms with E-state index in [9.17, 15) is 9.90 Å². The van der Waals surface area contributed by atoms with Gasteiger partial charge in [-0.25, -0.2) is 4.99 Å². The third-order valence-corrected chi connectivity index (χ3v) is 3.36. The largest absolute Gasteiger partial charge is 0.469 e. The van der Waals surface area contributed by atoms with Crippen LogP contribution in [-0.2, 0) is 15.1 Å². The van der Waals surface area contributed by atoms with Crippen LogP contribution in [0.3, 0.4) is 0 Å². The summed E-state index contributed by atoms with van der Waals surface area (Å²) in [5.41, 5.74) is -0.406. The number of hydrogen-bond donors (Lipinski definition) is 3. The van der Waals surface area contributed by atoms with Crippen LogP contribution in [-0.4, -0.2) is 43.8 Å². The van der Waals surface area contributed by atoms with Crippen molar-refractivity contribution >= 4 is 11.9 Å². The van der Waals surface area contributed by atoms with E-state index in [2.05, 4.69) is 20.4 Å². The van der Waals surface area contributed by atoms with Gasteiger partial charge in [0.15, 0.2) is 5.96 Å². The van der Waals surface area contributed by atoms with E-state index >= 15 is 0 Å². The van der Waals surface area contributed by atoms with E-state index in [0.717, 1.165) is 11.3 Å². The van der Waals surface area contributed by atoms with Crippen molar-refractivity contribution in [3.05, 3.63) is 23.2 Å². The Labute approximate surface area is 137 Å². The first kappa shape index (κ1) is 19.0. The maximum Gasteiger partial charge on any atom is 0.307 e. The van der Waals surface area contributed by atoms with Crippen molar-refractivity contribution < 1.29 is 19.1 Å². The van der Waals surface area contributed by atoms with Gasteiger partial charge < -0.3 is 24.9 Å². The molecule has 7 heteroatoms. The first-order chi connectivity index (χ1) is 10.8. The molecule has 0 spiro atoms. The zero-order chi connectivity index (χ0) is 17.5. The van der Waals surface area contributed by atoms with Crippen LogP contribution in [0.25, 0.3) is 0 Å². The summed E-state index contributed by atoms with van der Waals surface area (Å²) < 4.78 is 10.1. The predicted molar refractivity (Wildman–Crippen MR) is 88.4 cm³/mol. The van der Waals surface area contributed by atoms with E-state index in [1.165, 1.54) is 7.11 Å². The number of furan rings is 1. The van der Waals surface area contributed by atoms with Gasteiger partial charge in [0.05, 0.1) is 20.1 Å². The molecule has 0 saturated heterocycles. The molecule has 1 heterocycles. The molecule has 1 atom stereocenters. The number of rotatable bonds is 7. The second-order valence-electron chi connectivity index (χ2n) is 5.55. The molecule has 0 aliphatic carbocycles. The Balaban J connectivity index is 2.71. The molecule has 0 aromatic carbocycles. The lowest BCUT2D eigenvalue weighted by Gasteiger charge is -2.21. The van der Waals surface area contributed by atoms with Crippen LogP contribution in [0.1, 0.15) is 37.4 Å². The van der Waals surface area contributed by atoms with Crippen LogP contribution in [0, 0.1) is 13.8 Å². The summed E-state index contributed by atoms with van der Waals surface area (Å²) in [5, 5.41) is 16.8. The van der Waals surface area contributed by atoms with Gasteiger partial charge in [-0.3, -0.25) is 4.79 Å². The lowest BCUT2D eigenvalue weighted by molar-refractivity contribution is -0.140. The summed E-state index contributed by atoms with van der Waals surface area (Å²) in [5.74, 6) is 1.69. The summed E-state index contributed by atoms with van der Waals surface area (Å²) in [6, 6.07) is 1.82. The van der Waals surface area contributed by atoms with Gasteiger partial charge in [-0.2, -0.15) is 0 Å². The summed E-state index contributed by atoms with van der Waals surface area (Å²) in [6.07, 6.45) is 0.247. The summed E-state index contributed by atoms with van der Waals surface area (Å²) >= 11 is 0. The van der Waals surface area contributed by atoms with Crippen LogP contribution in [0.15, 0.2) is 15.5 Å². The second kappa shape index (κ2) is 8.57. The second-order valence-corrected chi connectivity index (χ2v) is 5.55. The smallest absolute Gasteiger partial charge is 0.307 e. The predicted octanol–water partition coefficient (Wildman–Crippen LogP) is 1.22. The first-order valence-corrected chi connectivity index (χ1v) is 7.69. The molecule has 1 unspecified atom stereocenters. The minimum atomic E-state index is -1.13.